The summed E-state index contributed by atoms with van der Waals surface area (Å²) in [5, 5.41) is 10.2. The van der Waals surface area contributed by atoms with Crippen molar-refractivity contribution in [1.29, 1.82) is 0 Å². The average Bonchev–Trinajstić information content (AvgIpc) is 2.44. The van der Waals surface area contributed by atoms with Gasteiger partial charge >= 0.3 is 0 Å². The molecular formula is C16H17BrFNO. The van der Waals surface area contributed by atoms with Crippen molar-refractivity contribution >= 4 is 21.6 Å². The summed E-state index contributed by atoms with van der Waals surface area (Å²) >= 11 is 3.39. The van der Waals surface area contributed by atoms with E-state index in [1.54, 1.807) is 6.07 Å². The van der Waals surface area contributed by atoms with Crippen LogP contribution in [0.5, 0.6) is 0 Å². The molecule has 0 bridgehead atoms. The van der Waals surface area contributed by atoms with Gasteiger partial charge in [-0.3, -0.25) is 0 Å². The Balaban J connectivity index is 1.94. The van der Waals surface area contributed by atoms with Crippen molar-refractivity contribution < 1.29 is 9.50 Å². The van der Waals surface area contributed by atoms with Gasteiger partial charge in [0.1, 0.15) is 5.82 Å². The van der Waals surface area contributed by atoms with Crippen LogP contribution in [-0.4, -0.2) is 18.7 Å². The van der Waals surface area contributed by atoms with E-state index in [0.717, 1.165) is 15.7 Å². The highest BCUT2D eigenvalue weighted by Crippen LogP contribution is 2.22. The van der Waals surface area contributed by atoms with Crippen molar-refractivity contribution in [1.82, 2.24) is 0 Å². The third-order valence-electron chi connectivity index (χ3n) is 3.22. The van der Waals surface area contributed by atoms with Gasteiger partial charge in [-0.2, -0.15) is 0 Å². The maximum atomic E-state index is 13.2. The molecule has 1 N–H and O–H groups in total. The molecule has 2 nitrogen and oxygen atoms in total. The number of nitrogens with zero attached hydrogens (tertiary/aromatic N) is 1. The highest BCUT2D eigenvalue weighted by Gasteiger charge is 2.10. The molecule has 0 heterocycles. The first-order chi connectivity index (χ1) is 9.56. The third kappa shape index (κ3) is 4.05. The molecule has 0 fully saturated rings. The number of hydrogen-bond donors (Lipinski definition) is 1. The molecule has 1 atom stereocenters. The number of rotatable bonds is 5. The lowest BCUT2D eigenvalue weighted by atomic mass is 10.1. The molecule has 2 aromatic rings. The van der Waals surface area contributed by atoms with Crippen LogP contribution in [0.2, 0.25) is 0 Å². The van der Waals surface area contributed by atoms with Crippen molar-refractivity contribution in [3.63, 3.8) is 0 Å². The van der Waals surface area contributed by atoms with E-state index < -0.39 is 6.10 Å². The molecule has 0 aliphatic heterocycles. The fourth-order valence-corrected chi connectivity index (χ4v) is 2.46. The molecule has 0 saturated carbocycles. The molecule has 2 rings (SSSR count). The Morgan fingerprint density at radius 1 is 1.20 bits per heavy atom. The zero-order valence-corrected chi connectivity index (χ0v) is 12.8. The SMILES string of the molecule is CN(CCC(O)c1cccc(Br)c1)c1cccc(F)c1. The number of aliphatic hydroxyl groups is 1. The molecule has 4 heteroatoms. The van der Waals surface area contributed by atoms with Crippen molar-refractivity contribution in [2.24, 2.45) is 0 Å². The number of anilines is 1. The lowest BCUT2D eigenvalue weighted by Gasteiger charge is -2.21. The molecule has 0 aliphatic carbocycles. The molecule has 1 unspecified atom stereocenters. The first-order valence-electron chi connectivity index (χ1n) is 6.46. The monoisotopic (exact) mass is 337 g/mol. The molecule has 0 aromatic heterocycles. The summed E-state index contributed by atoms with van der Waals surface area (Å²) in [6.45, 7) is 0.650. The van der Waals surface area contributed by atoms with Gasteiger partial charge in [0.15, 0.2) is 0 Å². The van der Waals surface area contributed by atoms with Crippen LogP contribution in [0.1, 0.15) is 18.1 Å². The summed E-state index contributed by atoms with van der Waals surface area (Å²) < 4.78 is 14.1. The van der Waals surface area contributed by atoms with Gasteiger partial charge in [-0.1, -0.05) is 34.1 Å². The van der Waals surface area contributed by atoms with Crippen LogP contribution >= 0.6 is 15.9 Å². The van der Waals surface area contributed by atoms with Gasteiger partial charge in [-0.15, -0.1) is 0 Å². The molecule has 0 radical (unpaired) electrons. The minimum Gasteiger partial charge on any atom is -0.388 e. The molecule has 0 aliphatic rings. The molecule has 0 amide bonds. The largest absolute Gasteiger partial charge is 0.388 e. The molecule has 106 valence electrons. The van der Waals surface area contributed by atoms with Crippen LogP contribution in [0, 0.1) is 5.82 Å². The predicted octanol–water partition coefficient (Wildman–Crippen LogP) is 4.15. The second kappa shape index (κ2) is 6.86. The second-order valence-electron chi connectivity index (χ2n) is 4.76. The van der Waals surface area contributed by atoms with Gasteiger partial charge in [-0.25, -0.2) is 4.39 Å². The lowest BCUT2D eigenvalue weighted by Crippen LogP contribution is -2.20. The Morgan fingerprint density at radius 3 is 2.65 bits per heavy atom. The Labute approximate surface area is 127 Å². The summed E-state index contributed by atoms with van der Waals surface area (Å²) in [7, 11) is 1.89. The summed E-state index contributed by atoms with van der Waals surface area (Å²) in [6, 6.07) is 14.1. The highest BCUT2D eigenvalue weighted by molar-refractivity contribution is 9.10. The second-order valence-corrected chi connectivity index (χ2v) is 5.68. The minimum absolute atomic E-state index is 0.248. The van der Waals surface area contributed by atoms with Gasteiger partial charge in [-0.05, 0) is 42.3 Å². The number of halogens is 2. The van der Waals surface area contributed by atoms with Crippen LogP contribution in [0.4, 0.5) is 10.1 Å². The van der Waals surface area contributed by atoms with Crippen molar-refractivity contribution in [2.75, 3.05) is 18.5 Å². The van der Waals surface area contributed by atoms with E-state index in [-0.39, 0.29) is 5.82 Å². The van der Waals surface area contributed by atoms with Crippen LogP contribution in [0.25, 0.3) is 0 Å². The summed E-state index contributed by atoms with van der Waals surface area (Å²) in [5.41, 5.74) is 1.69. The third-order valence-corrected chi connectivity index (χ3v) is 3.71. The van der Waals surface area contributed by atoms with Gasteiger partial charge in [0.25, 0.3) is 0 Å². The maximum Gasteiger partial charge on any atom is 0.125 e. The van der Waals surface area contributed by atoms with Gasteiger partial charge in [0.05, 0.1) is 6.10 Å². The van der Waals surface area contributed by atoms with E-state index in [2.05, 4.69) is 15.9 Å². The van der Waals surface area contributed by atoms with Crippen molar-refractivity contribution in [3.8, 4) is 0 Å². The maximum absolute atomic E-state index is 13.2. The predicted molar refractivity (Wildman–Crippen MR) is 83.4 cm³/mol. The fourth-order valence-electron chi connectivity index (χ4n) is 2.04. The van der Waals surface area contributed by atoms with E-state index >= 15 is 0 Å². The Morgan fingerprint density at radius 2 is 1.95 bits per heavy atom. The molecule has 20 heavy (non-hydrogen) atoms. The number of hydrogen-bond acceptors (Lipinski definition) is 2. The quantitative estimate of drug-likeness (QED) is 0.885. The van der Waals surface area contributed by atoms with Crippen LogP contribution in [0.3, 0.4) is 0 Å². The number of aliphatic hydroxyl groups excluding tert-OH is 1. The van der Waals surface area contributed by atoms with Crippen LogP contribution in [-0.2, 0) is 0 Å². The number of benzene rings is 2. The standard InChI is InChI=1S/C16H17BrFNO/c1-19(15-7-3-6-14(18)11-15)9-8-16(20)12-4-2-5-13(17)10-12/h2-7,10-11,16,20H,8-9H2,1H3. The Kier molecular flexibility index (Phi) is 5.15. The smallest absolute Gasteiger partial charge is 0.125 e. The van der Waals surface area contributed by atoms with E-state index in [4.69, 9.17) is 0 Å². The lowest BCUT2D eigenvalue weighted by molar-refractivity contribution is 0.169. The zero-order chi connectivity index (χ0) is 14.5. The average molecular weight is 338 g/mol. The molecular weight excluding hydrogens is 321 g/mol. The van der Waals surface area contributed by atoms with E-state index in [1.807, 2.05) is 42.3 Å². The summed E-state index contributed by atoms with van der Waals surface area (Å²) in [5.74, 6) is -0.248. The van der Waals surface area contributed by atoms with Crippen LogP contribution in [0.15, 0.2) is 53.0 Å². The molecule has 2 aromatic carbocycles. The first-order valence-corrected chi connectivity index (χ1v) is 7.26. The molecule has 0 spiro atoms. The first kappa shape index (κ1) is 15.0. The highest BCUT2D eigenvalue weighted by atomic mass is 79.9. The molecule has 0 saturated heterocycles. The van der Waals surface area contributed by atoms with E-state index in [0.29, 0.717) is 13.0 Å². The summed E-state index contributed by atoms with van der Waals surface area (Å²) in [4.78, 5) is 1.93. The van der Waals surface area contributed by atoms with Crippen molar-refractivity contribution in [3.05, 3.63) is 64.4 Å². The van der Waals surface area contributed by atoms with Gasteiger partial charge in [0.2, 0.25) is 0 Å². The Bertz CT molecular complexity index is 524. The van der Waals surface area contributed by atoms with Gasteiger partial charge in [0, 0.05) is 23.8 Å². The normalized spacial score (nSPS) is 12.2. The Hall–Kier alpha value is -1.39. The minimum atomic E-state index is -0.525. The van der Waals surface area contributed by atoms with Crippen molar-refractivity contribution in [2.45, 2.75) is 12.5 Å². The fraction of sp³-hybridized carbons (Fsp3) is 0.250. The van der Waals surface area contributed by atoms with Crippen LogP contribution < -0.4 is 4.90 Å². The topological polar surface area (TPSA) is 23.5 Å². The van der Waals surface area contributed by atoms with E-state index in [9.17, 15) is 9.50 Å². The van der Waals surface area contributed by atoms with Gasteiger partial charge < -0.3 is 10.0 Å². The zero-order valence-electron chi connectivity index (χ0n) is 11.3. The summed E-state index contributed by atoms with van der Waals surface area (Å²) in [6.07, 6.45) is 0.0622. The van der Waals surface area contributed by atoms with E-state index in [1.165, 1.54) is 12.1 Å².